The fourth-order valence-electron chi connectivity index (χ4n) is 4.42. The Balaban J connectivity index is 1.56. The van der Waals surface area contributed by atoms with Gasteiger partial charge in [0.15, 0.2) is 5.78 Å². The summed E-state index contributed by atoms with van der Waals surface area (Å²) in [5.74, 6) is -0.225. The number of hydrogen-bond donors (Lipinski definition) is 1. The molecule has 1 saturated carbocycles. The van der Waals surface area contributed by atoms with Gasteiger partial charge in [-0.1, -0.05) is 38.1 Å². The summed E-state index contributed by atoms with van der Waals surface area (Å²) in [4.78, 5) is 39.9. The molecule has 0 bridgehead atoms. The molecular formula is C24H29N3O3. The van der Waals surface area contributed by atoms with E-state index in [1.165, 1.54) is 0 Å². The fourth-order valence-corrected chi connectivity index (χ4v) is 4.42. The van der Waals surface area contributed by atoms with E-state index in [-0.39, 0.29) is 12.3 Å². The minimum absolute atomic E-state index is 0.210. The smallest absolute Gasteiger partial charge is 0.325 e. The third kappa shape index (κ3) is 3.24. The first-order chi connectivity index (χ1) is 14.1. The van der Waals surface area contributed by atoms with Crippen LogP contribution in [0.4, 0.5) is 4.79 Å². The van der Waals surface area contributed by atoms with Crippen LogP contribution in [0.3, 0.4) is 0 Å². The van der Waals surface area contributed by atoms with Crippen molar-refractivity contribution in [1.29, 1.82) is 0 Å². The number of amides is 3. The number of aryl methyl sites for hydroxylation is 1. The minimum atomic E-state index is -1.17. The molecule has 1 aliphatic carbocycles. The van der Waals surface area contributed by atoms with Gasteiger partial charge in [0.2, 0.25) is 0 Å². The molecule has 0 spiro atoms. The van der Waals surface area contributed by atoms with E-state index in [1.54, 1.807) is 6.92 Å². The van der Waals surface area contributed by atoms with Crippen molar-refractivity contribution in [3.8, 4) is 0 Å². The predicted octanol–water partition coefficient (Wildman–Crippen LogP) is 4.21. The van der Waals surface area contributed by atoms with Crippen LogP contribution < -0.4 is 5.32 Å². The van der Waals surface area contributed by atoms with E-state index >= 15 is 0 Å². The summed E-state index contributed by atoms with van der Waals surface area (Å²) >= 11 is 0. The lowest BCUT2D eigenvalue weighted by Gasteiger charge is -2.22. The number of ketones is 1. The third-order valence-corrected chi connectivity index (χ3v) is 6.43. The van der Waals surface area contributed by atoms with Crippen molar-refractivity contribution in [2.24, 2.45) is 0 Å². The molecule has 1 aliphatic heterocycles. The first-order valence-corrected chi connectivity index (χ1v) is 10.6. The van der Waals surface area contributed by atoms with Gasteiger partial charge >= 0.3 is 6.03 Å². The number of imide groups is 1. The van der Waals surface area contributed by atoms with E-state index in [2.05, 4.69) is 23.7 Å². The number of rotatable bonds is 6. The highest BCUT2D eigenvalue weighted by atomic mass is 16.2. The normalized spacial score (nSPS) is 21.5. The van der Waals surface area contributed by atoms with Crippen LogP contribution in [0.5, 0.6) is 0 Å². The third-order valence-electron chi connectivity index (χ3n) is 6.43. The Kier molecular flexibility index (Phi) is 4.83. The zero-order valence-electron chi connectivity index (χ0n) is 18.3. The van der Waals surface area contributed by atoms with Crippen molar-refractivity contribution in [1.82, 2.24) is 14.8 Å². The topological polar surface area (TPSA) is 71.4 Å². The van der Waals surface area contributed by atoms with Crippen LogP contribution >= 0.6 is 0 Å². The molecule has 1 saturated heterocycles. The van der Waals surface area contributed by atoms with Crippen molar-refractivity contribution < 1.29 is 14.4 Å². The Bertz CT molecular complexity index is 1030. The lowest BCUT2D eigenvalue weighted by atomic mass is 9.90. The first-order valence-electron chi connectivity index (χ1n) is 10.6. The summed E-state index contributed by atoms with van der Waals surface area (Å²) < 4.78 is 2.19. The molecule has 2 aliphatic rings. The van der Waals surface area contributed by atoms with E-state index in [0.717, 1.165) is 34.7 Å². The molecule has 3 amide bonds. The van der Waals surface area contributed by atoms with Gasteiger partial charge in [-0.15, -0.1) is 0 Å². The lowest BCUT2D eigenvalue weighted by molar-refractivity contribution is -0.130. The first kappa shape index (κ1) is 20.4. The number of carbonyl (C=O) groups excluding carboxylic acids is 3. The lowest BCUT2D eigenvalue weighted by Crippen LogP contribution is -2.41. The molecule has 2 fully saturated rings. The summed E-state index contributed by atoms with van der Waals surface area (Å²) in [5.41, 5.74) is 3.27. The van der Waals surface area contributed by atoms with Gasteiger partial charge in [-0.25, -0.2) is 4.79 Å². The number of carbonyl (C=O) groups is 3. The number of nitrogens with zero attached hydrogens (tertiary/aromatic N) is 2. The molecule has 4 rings (SSSR count). The summed E-state index contributed by atoms with van der Waals surface area (Å²) in [6, 6.07) is 9.53. The Hall–Kier alpha value is -2.89. The van der Waals surface area contributed by atoms with Crippen molar-refractivity contribution in [2.45, 2.75) is 65.0 Å². The second-order valence-electron chi connectivity index (χ2n) is 9.03. The van der Waals surface area contributed by atoms with Crippen LogP contribution in [0.1, 0.15) is 78.4 Å². The van der Waals surface area contributed by atoms with Gasteiger partial charge in [-0.05, 0) is 56.7 Å². The van der Waals surface area contributed by atoms with Crippen molar-refractivity contribution in [3.63, 3.8) is 0 Å². The van der Waals surface area contributed by atoms with Crippen LogP contribution in [-0.2, 0) is 10.3 Å². The average Bonchev–Trinajstić information content (AvgIpc) is 3.45. The van der Waals surface area contributed by atoms with E-state index < -0.39 is 17.5 Å². The number of hydrogen-bond acceptors (Lipinski definition) is 3. The highest BCUT2D eigenvalue weighted by Crippen LogP contribution is 2.38. The number of Topliss-reactive ketones (excluding diaryl/α,β-unsaturated/α-hetero) is 1. The molecule has 1 aromatic heterocycles. The van der Waals surface area contributed by atoms with Crippen LogP contribution in [0.15, 0.2) is 30.3 Å². The van der Waals surface area contributed by atoms with Gasteiger partial charge in [-0.2, -0.15) is 0 Å². The van der Waals surface area contributed by atoms with Gasteiger partial charge in [-0.3, -0.25) is 14.5 Å². The molecule has 30 heavy (non-hydrogen) atoms. The molecule has 2 heterocycles. The van der Waals surface area contributed by atoms with Crippen LogP contribution in [0.2, 0.25) is 0 Å². The molecule has 0 radical (unpaired) electrons. The summed E-state index contributed by atoms with van der Waals surface area (Å²) in [7, 11) is 0. The summed E-state index contributed by atoms with van der Waals surface area (Å²) in [6.07, 6.45) is 2.26. The second kappa shape index (κ2) is 7.11. The zero-order valence-corrected chi connectivity index (χ0v) is 18.3. The van der Waals surface area contributed by atoms with Crippen LogP contribution in [0.25, 0.3) is 0 Å². The Morgan fingerprint density at radius 1 is 1.17 bits per heavy atom. The van der Waals surface area contributed by atoms with Crippen molar-refractivity contribution in [2.75, 3.05) is 6.54 Å². The summed E-state index contributed by atoms with van der Waals surface area (Å²) in [5, 5.41) is 2.79. The van der Waals surface area contributed by atoms with Crippen LogP contribution in [0, 0.1) is 13.8 Å². The molecule has 6 nitrogen and oxygen atoms in total. The molecule has 6 heteroatoms. The Labute approximate surface area is 177 Å². The average molecular weight is 408 g/mol. The van der Waals surface area contributed by atoms with E-state index in [9.17, 15) is 14.4 Å². The van der Waals surface area contributed by atoms with E-state index in [1.807, 2.05) is 44.2 Å². The predicted molar refractivity (Wildman–Crippen MR) is 115 cm³/mol. The van der Waals surface area contributed by atoms with E-state index in [4.69, 9.17) is 0 Å². The zero-order chi connectivity index (χ0) is 21.8. The number of urea groups is 1. The Morgan fingerprint density at radius 2 is 1.80 bits per heavy atom. The quantitative estimate of drug-likeness (QED) is 0.576. The number of benzene rings is 1. The van der Waals surface area contributed by atoms with E-state index in [0.29, 0.717) is 23.1 Å². The number of nitrogens with one attached hydrogen (secondary N) is 1. The highest BCUT2D eigenvalue weighted by Gasteiger charge is 2.49. The van der Waals surface area contributed by atoms with Crippen molar-refractivity contribution in [3.05, 3.63) is 58.4 Å². The maximum atomic E-state index is 13.2. The minimum Gasteiger partial charge on any atom is -0.345 e. The van der Waals surface area contributed by atoms with Crippen LogP contribution in [-0.4, -0.2) is 33.7 Å². The highest BCUT2D eigenvalue weighted by molar-refractivity contribution is 6.11. The van der Waals surface area contributed by atoms with Gasteiger partial charge in [0.05, 0.1) is 6.54 Å². The molecule has 1 aromatic carbocycles. The van der Waals surface area contributed by atoms with Gasteiger partial charge in [0, 0.05) is 23.0 Å². The molecule has 1 atom stereocenters. The Morgan fingerprint density at radius 3 is 2.37 bits per heavy atom. The monoisotopic (exact) mass is 407 g/mol. The molecule has 1 unspecified atom stereocenters. The fraction of sp³-hybridized carbons (Fsp3) is 0.458. The maximum absolute atomic E-state index is 13.2. The van der Waals surface area contributed by atoms with Gasteiger partial charge in [0.1, 0.15) is 5.54 Å². The molecular weight excluding hydrogens is 378 g/mol. The molecule has 158 valence electrons. The second-order valence-corrected chi connectivity index (χ2v) is 9.03. The molecule has 1 N–H and O–H groups in total. The maximum Gasteiger partial charge on any atom is 0.325 e. The standard InChI is InChI=1S/C24H29N3O3/c1-14(2)17-6-8-18(9-7-17)24(5)22(29)26(23(30)25-24)13-21(28)20-12-15(3)27(16(20)4)19-10-11-19/h6-9,12,14,19H,10-11,13H2,1-5H3,(H,25,30). The summed E-state index contributed by atoms with van der Waals surface area (Å²) in [6.45, 7) is 9.58. The van der Waals surface area contributed by atoms with Gasteiger partial charge in [0.25, 0.3) is 5.91 Å². The SMILES string of the molecule is Cc1cc(C(=O)CN2C(=O)NC(C)(c3ccc(C(C)C)cc3)C2=O)c(C)n1C1CC1. The van der Waals surface area contributed by atoms with Gasteiger partial charge < -0.3 is 9.88 Å². The van der Waals surface area contributed by atoms with Crippen molar-refractivity contribution >= 4 is 17.7 Å². The largest absolute Gasteiger partial charge is 0.345 e. The number of aromatic nitrogens is 1. The molecule has 2 aromatic rings.